The molecule has 0 aliphatic carbocycles. The normalized spacial score (nSPS) is 19.5. The SMILES string of the molecule is CN1C(N(COCC[Si](C)(C)C)C(=O)O)=NC(C)(c2cc(C=C(F)c3cnc(Cl)cn3)ccc2F)CS1(=O)=O. The van der Waals surface area contributed by atoms with Crippen molar-refractivity contribution in [1.29, 1.82) is 0 Å². The van der Waals surface area contributed by atoms with Gasteiger partial charge in [-0.05, 0) is 36.7 Å². The van der Waals surface area contributed by atoms with E-state index in [4.69, 9.17) is 16.3 Å². The highest BCUT2D eigenvalue weighted by Crippen LogP contribution is 2.35. The summed E-state index contributed by atoms with van der Waals surface area (Å²) >= 11 is 5.69. The summed E-state index contributed by atoms with van der Waals surface area (Å²) < 4.78 is 62.4. The Bertz CT molecular complexity index is 1400. The first-order chi connectivity index (χ1) is 18.0. The van der Waals surface area contributed by atoms with Crippen LogP contribution >= 0.6 is 11.6 Å². The molecule has 0 fully saturated rings. The van der Waals surface area contributed by atoms with Crippen molar-refractivity contribution >= 4 is 53.7 Å². The number of carboxylic acid groups (broad SMARTS) is 1. The summed E-state index contributed by atoms with van der Waals surface area (Å²) in [5.41, 5.74) is -1.81. The third-order valence-electron chi connectivity index (χ3n) is 5.93. The van der Waals surface area contributed by atoms with Gasteiger partial charge in [0.15, 0.2) is 5.83 Å². The van der Waals surface area contributed by atoms with Crippen LogP contribution in [-0.2, 0) is 20.3 Å². The predicted octanol–water partition coefficient (Wildman–Crippen LogP) is 4.88. The van der Waals surface area contributed by atoms with Crippen molar-refractivity contribution in [3.05, 3.63) is 58.4 Å². The molecule has 1 unspecified atom stereocenters. The maximum Gasteiger partial charge on any atom is 0.416 e. The van der Waals surface area contributed by atoms with Gasteiger partial charge >= 0.3 is 6.09 Å². The lowest BCUT2D eigenvalue weighted by molar-refractivity contribution is 0.0653. The lowest BCUT2D eigenvalue weighted by Crippen LogP contribution is -2.55. The number of ether oxygens (including phenoxy) is 1. The largest absolute Gasteiger partial charge is 0.465 e. The van der Waals surface area contributed by atoms with Gasteiger partial charge in [0.25, 0.3) is 0 Å². The minimum atomic E-state index is -4.14. The zero-order valence-electron chi connectivity index (χ0n) is 22.2. The molecule has 1 N–H and O–H groups in total. The summed E-state index contributed by atoms with van der Waals surface area (Å²) in [4.78, 5) is 24.8. The second-order valence-electron chi connectivity index (χ2n) is 10.4. The number of amides is 1. The number of hydrogen-bond acceptors (Lipinski definition) is 7. The molecule has 10 nitrogen and oxygen atoms in total. The van der Waals surface area contributed by atoms with Crippen LogP contribution in [0.3, 0.4) is 0 Å². The Morgan fingerprint density at radius 2 is 2.00 bits per heavy atom. The standard InChI is InChI=1S/C24H30ClF2N5O5SSi/c1-24(17-10-16(6-7-18(17)26)11-19(27)20-12-29-21(25)13-28-20)14-38(35,36)31(2)22(30-24)32(23(33)34)15-37-8-9-39(3,4)5/h6-7,10-13H,8-9,14-15H2,1-5H3,(H,33,34). The minimum Gasteiger partial charge on any atom is -0.465 e. The smallest absolute Gasteiger partial charge is 0.416 e. The minimum absolute atomic E-state index is 0.0811. The van der Waals surface area contributed by atoms with Crippen LogP contribution in [-0.4, -0.2) is 79.0 Å². The Morgan fingerprint density at radius 1 is 1.31 bits per heavy atom. The fraction of sp³-hybridized carbons (Fsp3) is 0.417. The lowest BCUT2D eigenvalue weighted by atomic mass is 9.92. The monoisotopic (exact) mass is 601 g/mol. The van der Waals surface area contributed by atoms with E-state index in [0.29, 0.717) is 4.90 Å². The van der Waals surface area contributed by atoms with Gasteiger partial charge < -0.3 is 9.84 Å². The third kappa shape index (κ3) is 7.59. The second kappa shape index (κ2) is 11.7. The second-order valence-corrected chi connectivity index (χ2v) is 18.4. The number of hydrogen-bond donors (Lipinski definition) is 1. The molecular weight excluding hydrogens is 572 g/mol. The van der Waals surface area contributed by atoms with E-state index in [1.54, 1.807) is 0 Å². The first-order valence-corrected chi connectivity index (χ1v) is 17.5. The number of aliphatic imine (C=N–C) groups is 1. The summed E-state index contributed by atoms with van der Waals surface area (Å²) in [6.45, 7) is 7.59. The van der Waals surface area contributed by atoms with Crippen LogP contribution in [0.4, 0.5) is 13.6 Å². The molecule has 0 radical (unpaired) electrons. The van der Waals surface area contributed by atoms with E-state index in [9.17, 15) is 22.7 Å². The summed E-state index contributed by atoms with van der Waals surface area (Å²) in [6.07, 6.45) is 1.89. The molecule has 15 heteroatoms. The van der Waals surface area contributed by atoms with Gasteiger partial charge in [0.1, 0.15) is 28.9 Å². The molecule has 3 rings (SSSR count). The molecular formula is C24H30ClF2N5O5SSi. The number of halogens is 3. The molecule has 39 heavy (non-hydrogen) atoms. The Hall–Kier alpha value is -2.94. The summed E-state index contributed by atoms with van der Waals surface area (Å²) in [7, 11) is -4.43. The zero-order valence-corrected chi connectivity index (χ0v) is 24.7. The topological polar surface area (TPSA) is 125 Å². The number of benzene rings is 1. The molecule has 1 aromatic carbocycles. The van der Waals surface area contributed by atoms with E-state index in [0.717, 1.165) is 28.7 Å². The Balaban J connectivity index is 2.02. The number of sulfonamides is 1. The molecule has 1 aliphatic rings. The molecule has 1 atom stereocenters. The molecule has 212 valence electrons. The number of aromatic nitrogens is 2. The van der Waals surface area contributed by atoms with Gasteiger partial charge in [-0.15, -0.1) is 0 Å². The zero-order chi connectivity index (χ0) is 29.2. The number of guanidine groups is 1. The maximum absolute atomic E-state index is 15.1. The van der Waals surface area contributed by atoms with Crippen LogP contribution in [0.1, 0.15) is 23.7 Å². The number of nitrogens with zero attached hydrogens (tertiary/aromatic N) is 5. The van der Waals surface area contributed by atoms with E-state index in [1.165, 1.54) is 32.3 Å². The first kappa shape index (κ1) is 30.6. The van der Waals surface area contributed by atoms with Gasteiger partial charge in [-0.1, -0.05) is 37.3 Å². The first-order valence-electron chi connectivity index (χ1n) is 11.8. The van der Waals surface area contributed by atoms with Gasteiger partial charge in [-0.2, -0.15) is 0 Å². The number of rotatable bonds is 8. The van der Waals surface area contributed by atoms with Crippen LogP contribution < -0.4 is 0 Å². The van der Waals surface area contributed by atoms with Crippen molar-refractivity contribution in [3.63, 3.8) is 0 Å². The fourth-order valence-corrected chi connectivity index (χ4v) is 6.07. The van der Waals surface area contributed by atoms with Crippen molar-refractivity contribution in [2.24, 2.45) is 4.99 Å². The van der Waals surface area contributed by atoms with E-state index in [1.807, 2.05) is 0 Å². The maximum atomic E-state index is 15.1. The van der Waals surface area contributed by atoms with Gasteiger partial charge in [0.2, 0.25) is 16.0 Å². The summed E-state index contributed by atoms with van der Waals surface area (Å²) in [5, 5.41) is 9.93. The van der Waals surface area contributed by atoms with Crippen LogP contribution in [0.2, 0.25) is 30.8 Å². The average Bonchev–Trinajstić information content (AvgIpc) is 2.82. The van der Waals surface area contributed by atoms with Gasteiger partial charge in [-0.3, -0.25) is 0 Å². The van der Waals surface area contributed by atoms with Crippen LogP contribution in [0, 0.1) is 5.82 Å². The van der Waals surface area contributed by atoms with E-state index >= 15 is 4.39 Å². The van der Waals surface area contributed by atoms with Crippen LogP contribution in [0.5, 0.6) is 0 Å². The Labute approximate surface area is 232 Å². The van der Waals surface area contributed by atoms with E-state index in [2.05, 4.69) is 34.6 Å². The van der Waals surface area contributed by atoms with Crippen molar-refractivity contribution in [3.8, 4) is 0 Å². The van der Waals surface area contributed by atoms with Crippen LogP contribution in [0.15, 0.2) is 35.6 Å². The molecule has 1 amide bonds. The highest BCUT2D eigenvalue weighted by Gasteiger charge is 2.45. The van der Waals surface area contributed by atoms with Crippen molar-refractivity contribution in [2.75, 3.05) is 26.1 Å². The van der Waals surface area contributed by atoms with Crippen molar-refractivity contribution in [2.45, 2.75) is 38.1 Å². The number of carbonyl (C=O) groups is 1. The van der Waals surface area contributed by atoms with Gasteiger partial charge in [0.05, 0.1) is 18.1 Å². The Kier molecular flexibility index (Phi) is 9.15. The third-order valence-corrected chi connectivity index (χ3v) is 9.75. The lowest BCUT2D eigenvalue weighted by Gasteiger charge is -2.38. The predicted molar refractivity (Wildman–Crippen MR) is 148 cm³/mol. The molecule has 2 aromatic rings. The van der Waals surface area contributed by atoms with Crippen molar-refractivity contribution in [1.82, 2.24) is 19.2 Å². The molecule has 0 saturated heterocycles. The van der Waals surface area contributed by atoms with Gasteiger partial charge in [-0.25, -0.2) is 46.2 Å². The molecule has 0 saturated carbocycles. The fourth-order valence-electron chi connectivity index (χ4n) is 3.70. The highest BCUT2D eigenvalue weighted by atomic mass is 35.5. The quantitative estimate of drug-likeness (QED) is 0.260. The highest BCUT2D eigenvalue weighted by molar-refractivity contribution is 7.89. The summed E-state index contributed by atoms with van der Waals surface area (Å²) in [5.74, 6) is -2.67. The van der Waals surface area contributed by atoms with E-state index < -0.39 is 59.8 Å². The van der Waals surface area contributed by atoms with Crippen molar-refractivity contribution < 1.29 is 31.8 Å². The summed E-state index contributed by atoms with van der Waals surface area (Å²) in [6, 6.07) is 4.38. The molecule has 1 aliphatic heterocycles. The molecule has 2 heterocycles. The molecule has 1 aromatic heterocycles. The average molecular weight is 602 g/mol. The molecule has 0 bridgehead atoms. The van der Waals surface area contributed by atoms with E-state index in [-0.39, 0.29) is 28.6 Å². The van der Waals surface area contributed by atoms with Crippen LogP contribution in [0.25, 0.3) is 11.9 Å². The van der Waals surface area contributed by atoms with Gasteiger partial charge in [0, 0.05) is 27.3 Å². The molecule has 0 spiro atoms. The Morgan fingerprint density at radius 3 is 2.59 bits per heavy atom.